The molecule has 0 unspecified atom stereocenters. The van der Waals surface area contributed by atoms with Crippen molar-refractivity contribution in [3.63, 3.8) is 0 Å². The zero-order chi connectivity index (χ0) is 29.7. The number of anilines is 1. The molecular weight excluding hydrogens is 564 g/mol. The van der Waals surface area contributed by atoms with E-state index in [1.54, 1.807) is 24.3 Å². The normalized spacial score (nSPS) is 13.6. The molecule has 1 fully saturated rings. The van der Waals surface area contributed by atoms with Crippen molar-refractivity contribution in [3.8, 4) is 11.5 Å². The highest BCUT2D eigenvalue weighted by atomic mass is 35.5. The van der Waals surface area contributed by atoms with E-state index >= 15 is 0 Å². The maximum absolute atomic E-state index is 12.9. The van der Waals surface area contributed by atoms with Gasteiger partial charge in [-0.25, -0.2) is 9.59 Å². The molecule has 2 aromatic carbocycles. The molecule has 1 aromatic heterocycles. The lowest BCUT2D eigenvalue weighted by Crippen LogP contribution is -2.30. The summed E-state index contributed by atoms with van der Waals surface area (Å²) < 4.78 is 20.5. The number of imide groups is 1. The van der Waals surface area contributed by atoms with Gasteiger partial charge in [-0.3, -0.25) is 24.6 Å². The van der Waals surface area contributed by atoms with Crippen molar-refractivity contribution in [1.29, 1.82) is 0 Å². The van der Waals surface area contributed by atoms with Crippen LogP contribution in [0.1, 0.15) is 21.9 Å². The van der Waals surface area contributed by atoms with Gasteiger partial charge < -0.3 is 29.3 Å². The summed E-state index contributed by atoms with van der Waals surface area (Å²) in [5.74, 6) is -2.42. The zero-order valence-electron chi connectivity index (χ0n) is 21.5. The van der Waals surface area contributed by atoms with Crippen molar-refractivity contribution in [2.75, 3.05) is 26.1 Å². The van der Waals surface area contributed by atoms with Gasteiger partial charge in [0.25, 0.3) is 11.8 Å². The molecule has 0 saturated carbocycles. The Kier molecular flexibility index (Phi) is 8.53. The number of nitro benzene ring substituents is 1. The van der Waals surface area contributed by atoms with Gasteiger partial charge in [0, 0.05) is 16.8 Å². The maximum Gasteiger partial charge on any atom is 0.373 e. The van der Waals surface area contributed by atoms with E-state index in [0.717, 1.165) is 11.0 Å². The fourth-order valence-corrected chi connectivity index (χ4v) is 3.83. The number of carbonyl (C=O) groups excluding carboxylic acids is 4. The Morgan fingerprint density at radius 3 is 2.54 bits per heavy atom. The number of hydrogen-bond donors (Lipinski definition) is 2. The van der Waals surface area contributed by atoms with Crippen molar-refractivity contribution in [2.24, 2.45) is 0 Å². The lowest BCUT2D eigenvalue weighted by atomic mass is 10.1. The highest BCUT2D eigenvalue weighted by Crippen LogP contribution is 2.39. The van der Waals surface area contributed by atoms with E-state index < -0.39 is 41.0 Å². The number of amides is 4. The van der Waals surface area contributed by atoms with Crippen LogP contribution < -0.4 is 20.1 Å². The van der Waals surface area contributed by atoms with Gasteiger partial charge >= 0.3 is 17.7 Å². The molecule has 15 heteroatoms. The molecule has 14 nitrogen and oxygen atoms in total. The minimum absolute atomic E-state index is 0.0927. The van der Waals surface area contributed by atoms with Crippen LogP contribution in [0.2, 0.25) is 5.02 Å². The summed E-state index contributed by atoms with van der Waals surface area (Å²) in [6, 6.07) is 10.7. The van der Waals surface area contributed by atoms with Gasteiger partial charge in [-0.1, -0.05) is 11.6 Å². The van der Waals surface area contributed by atoms with E-state index in [4.69, 9.17) is 25.5 Å². The molecule has 212 valence electrons. The largest absolute Gasteiger partial charge is 0.493 e. The summed E-state index contributed by atoms with van der Waals surface area (Å²) >= 11 is 5.83. The van der Waals surface area contributed by atoms with Gasteiger partial charge in [-0.05, 0) is 54.1 Å². The fraction of sp³-hybridized carbons (Fsp3) is 0.154. The fourth-order valence-electron chi connectivity index (χ4n) is 3.70. The predicted molar refractivity (Wildman–Crippen MR) is 142 cm³/mol. The maximum atomic E-state index is 12.9. The van der Waals surface area contributed by atoms with Crippen LogP contribution in [0.4, 0.5) is 16.2 Å². The zero-order valence-corrected chi connectivity index (χ0v) is 22.2. The summed E-state index contributed by atoms with van der Waals surface area (Å²) in [5.41, 5.74) is -0.153. The number of furan rings is 1. The molecule has 41 heavy (non-hydrogen) atoms. The Morgan fingerprint density at radius 1 is 1.15 bits per heavy atom. The van der Waals surface area contributed by atoms with Crippen molar-refractivity contribution >= 4 is 52.9 Å². The lowest BCUT2D eigenvalue weighted by molar-refractivity contribution is -0.385. The molecule has 1 saturated heterocycles. The number of halogens is 1. The minimum atomic E-state index is -0.773. The third kappa shape index (κ3) is 6.62. The SMILES string of the molecule is COC(=O)c1ccc(CN2C(=O)N/C(=C\c3cc(OC)c(OCC(=O)Nc4ccc(Cl)cc4)c([N+](=O)[O-])c3)C2=O)o1. The number of hydrogen-bond acceptors (Lipinski definition) is 10. The molecule has 2 N–H and O–H groups in total. The molecule has 3 aromatic rings. The Balaban J connectivity index is 1.52. The van der Waals surface area contributed by atoms with Gasteiger partial charge in [0.05, 0.1) is 25.7 Å². The quantitative estimate of drug-likeness (QED) is 0.117. The van der Waals surface area contributed by atoms with Gasteiger partial charge in [-0.2, -0.15) is 0 Å². The number of rotatable bonds is 10. The minimum Gasteiger partial charge on any atom is -0.493 e. The van der Waals surface area contributed by atoms with E-state index in [1.807, 2.05) is 0 Å². The molecule has 4 rings (SSSR count). The van der Waals surface area contributed by atoms with Gasteiger partial charge in [0.15, 0.2) is 12.4 Å². The predicted octanol–water partition coefficient (Wildman–Crippen LogP) is 3.75. The van der Waals surface area contributed by atoms with Crippen molar-refractivity contribution in [1.82, 2.24) is 10.2 Å². The number of nitrogens with one attached hydrogen (secondary N) is 2. The molecular formula is C26H21ClN4O10. The monoisotopic (exact) mass is 584 g/mol. The molecule has 1 aliphatic rings. The van der Waals surface area contributed by atoms with Crippen LogP contribution in [0.15, 0.2) is 58.6 Å². The number of benzene rings is 2. The molecule has 4 amide bonds. The van der Waals surface area contributed by atoms with E-state index in [2.05, 4.69) is 15.4 Å². The Bertz CT molecular complexity index is 1560. The molecule has 0 bridgehead atoms. The van der Waals surface area contributed by atoms with E-state index in [-0.39, 0.29) is 40.8 Å². The topological polar surface area (TPSA) is 180 Å². The second-order valence-corrected chi connectivity index (χ2v) is 8.75. The first-order chi connectivity index (χ1) is 19.6. The number of ether oxygens (including phenoxy) is 3. The third-order valence-corrected chi connectivity index (χ3v) is 5.84. The van der Waals surface area contributed by atoms with Gasteiger partial charge in [-0.15, -0.1) is 0 Å². The molecule has 0 radical (unpaired) electrons. The molecule has 2 heterocycles. The van der Waals surface area contributed by atoms with Crippen molar-refractivity contribution in [2.45, 2.75) is 6.54 Å². The van der Waals surface area contributed by atoms with Gasteiger partial charge in [0.1, 0.15) is 11.5 Å². The highest BCUT2D eigenvalue weighted by molar-refractivity contribution is 6.30. The first kappa shape index (κ1) is 28.6. The second kappa shape index (κ2) is 12.2. The van der Waals surface area contributed by atoms with Crippen LogP contribution in [0.5, 0.6) is 11.5 Å². The van der Waals surface area contributed by atoms with Crippen LogP contribution in [0.3, 0.4) is 0 Å². The van der Waals surface area contributed by atoms with Crippen LogP contribution in [-0.2, 0) is 20.9 Å². The van der Waals surface area contributed by atoms with Crippen LogP contribution >= 0.6 is 11.6 Å². The summed E-state index contributed by atoms with van der Waals surface area (Å²) in [7, 11) is 2.42. The van der Waals surface area contributed by atoms with Crippen molar-refractivity contribution in [3.05, 3.63) is 86.4 Å². The average Bonchev–Trinajstić information content (AvgIpc) is 3.52. The Morgan fingerprint density at radius 2 is 1.88 bits per heavy atom. The Hall–Kier alpha value is -5.37. The van der Waals surface area contributed by atoms with Crippen LogP contribution in [-0.4, -0.2) is 54.5 Å². The second-order valence-electron chi connectivity index (χ2n) is 8.31. The summed E-state index contributed by atoms with van der Waals surface area (Å²) in [6.45, 7) is -0.860. The standard InChI is InChI=1S/C26H21ClN4O10/c1-38-21-11-14(9-18-24(33)30(26(35)29-18)12-17-7-8-20(41-17)25(34)39-2)10-19(31(36)37)23(21)40-13-22(32)28-16-5-3-15(27)4-6-16/h3-11H,12-13H2,1-2H3,(H,28,32)(H,29,35)/b18-9-. The number of urea groups is 1. The van der Waals surface area contributed by atoms with Crippen LogP contribution in [0.25, 0.3) is 6.08 Å². The number of nitrogens with zero attached hydrogens (tertiary/aromatic N) is 2. The highest BCUT2D eigenvalue weighted by Gasteiger charge is 2.35. The first-order valence-electron chi connectivity index (χ1n) is 11.7. The average molecular weight is 585 g/mol. The van der Waals surface area contributed by atoms with Crippen LogP contribution in [0, 0.1) is 10.1 Å². The summed E-state index contributed by atoms with van der Waals surface area (Å²) in [6.07, 6.45) is 1.22. The number of esters is 1. The van der Waals surface area contributed by atoms with Crippen molar-refractivity contribution < 1.29 is 42.7 Å². The smallest absolute Gasteiger partial charge is 0.373 e. The molecule has 0 spiro atoms. The molecule has 0 aliphatic carbocycles. The van der Waals surface area contributed by atoms with E-state index in [0.29, 0.717) is 10.7 Å². The summed E-state index contributed by atoms with van der Waals surface area (Å²) in [4.78, 5) is 61.2. The lowest BCUT2D eigenvalue weighted by Gasteiger charge is -2.12. The molecule has 1 aliphatic heterocycles. The number of methoxy groups -OCH3 is 2. The summed E-state index contributed by atoms with van der Waals surface area (Å²) in [5, 5.41) is 17.3. The third-order valence-electron chi connectivity index (χ3n) is 5.59. The Labute approximate surface area is 236 Å². The number of nitro groups is 1. The van der Waals surface area contributed by atoms with E-state index in [1.165, 1.54) is 38.5 Å². The van der Waals surface area contributed by atoms with Gasteiger partial charge in [0.2, 0.25) is 11.5 Å². The number of carbonyl (C=O) groups is 4. The van der Waals surface area contributed by atoms with E-state index in [9.17, 15) is 29.3 Å². The molecule has 0 atom stereocenters. The first-order valence-corrected chi connectivity index (χ1v) is 12.0.